The maximum atomic E-state index is 11.1. The number of nitrogens with one attached hydrogen (secondary N) is 1. The Kier molecular flexibility index (Phi) is 8.26. The van der Waals surface area contributed by atoms with Crippen molar-refractivity contribution >= 4 is 5.97 Å². The molecule has 0 aliphatic heterocycles. The SMILES string of the molecule is CCCCCC(C)(C)CNCC(=O)OCC. The van der Waals surface area contributed by atoms with Gasteiger partial charge < -0.3 is 10.1 Å². The standard InChI is InChI=1S/C13H27NO2/c1-5-7-8-9-13(3,4)11-14-10-12(15)16-6-2/h14H,5-11H2,1-4H3. The van der Waals surface area contributed by atoms with E-state index in [1.165, 1.54) is 25.7 Å². The van der Waals surface area contributed by atoms with E-state index in [0.717, 1.165) is 6.54 Å². The smallest absolute Gasteiger partial charge is 0.319 e. The Balaban J connectivity index is 3.60. The molecule has 0 aliphatic carbocycles. The summed E-state index contributed by atoms with van der Waals surface area (Å²) in [5, 5.41) is 3.16. The van der Waals surface area contributed by atoms with Crippen LogP contribution in [0.1, 0.15) is 53.4 Å². The average Bonchev–Trinajstić information content (AvgIpc) is 2.18. The minimum atomic E-state index is -0.160. The highest BCUT2D eigenvalue weighted by atomic mass is 16.5. The molecular weight excluding hydrogens is 202 g/mol. The summed E-state index contributed by atoms with van der Waals surface area (Å²) < 4.78 is 4.85. The fourth-order valence-electron chi connectivity index (χ4n) is 1.66. The molecule has 0 heterocycles. The Morgan fingerprint density at radius 3 is 2.50 bits per heavy atom. The molecule has 0 saturated carbocycles. The lowest BCUT2D eigenvalue weighted by molar-refractivity contribution is -0.142. The van der Waals surface area contributed by atoms with Crippen molar-refractivity contribution in [2.75, 3.05) is 19.7 Å². The maximum absolute atomic E-state index is 11.1. The van der Waals surface area contributed by atoms with E-state index in [9.17, 15) is 4.79 Å². The highest BCUT2D eigenvalue weighted by molar-refractivity contribution is 5.71. The van der Waals surface area contributed by atoms with Crippen molar-refractivity contribution in [3.63, 3.8) is 0 Å². The number of hydrogen-bond donors (Lipinski definition) is 1. The van der Waals surface area contributed by atoms with Crippen molar-refractivity contribution in [3.8, 4) is 0 Å². The molecular formula is C13H27NO2. The zero-order valence-corrected chi connectivity index (χ0v) is 11.3. The molecule has 0 aliphatic rings. The van der Waals surface area contributed by atoms with Gasteiger partial charge in [-0.1, -0.05) is 40.0 Å². The van der Waals surface area contributed by atoms with Gasteiger partial charge in [-0.15, -0.1) is 0 Å². The second-order valence-electron chi connectivity index (χ2n) is 5.03. The monoisotopic (exact) mass is 229 g/mol. The van der Waals surface area contributed by atoms with Gasteiger partial charge in [0.15, 0.2) is 0 Å². The van der Waals surface area contributed by atoms with Crippen LogP contribution >= 0.6 is 0 Å². The Hall–Kier alpha value is -0.570. The molecule has 0 fully saturated rings. The number of esters is 1. The highest BCUT2D eigenvalue weighted by Crippen LogP contribution is 2.22. The van der Waals surface area contributed by atoms with E-state index in [4.69, 9.17) is 4.74 Å². The molecule has 0 rings (SSSR count). The van der Waals surface area contributed by atoms with E-state index in [2.05, 4.69) is 26.1 Å². The number of carbonyl (C=O) groups excluding carboxylic acids is 1. The van der Waals surface area contributed by atoms with Gasteiger partial charge in [0.1, 0.15) is 0 Å². The van der Waals surface area contributed by atoms with E-state index in [1.807, 2.05) is 6.92 Å². The Labute approximate surface area is 99.9 Å². The first-order valence-corrected chi connectivity index (χ1v) is 6.38. The first-order chi connectivity index (χ1) is 7.52. The fraction of sp³-hybridized carbons (Fsp3) is 0.923. The number of hydrogen-bond acceptors (Lipinski definition) is 3. The van der Waals surface area contributed by atoms with E-state index in [-0.39, 0.29) is 11.4 Å². The summed E-state index contributed by atoms with van der Waals surface area (Å²) in [4.78, 5) is 11.1. The maximum Gasteiger partial charge on any atom is 0.319 e. The van der Waals surface area contributed by atoms with Gasteiger partial charge in [0.05, 0.1) is 13.2 Å². The minimum absolute atomic E-state index is 0.160. The molecule has 0 saturated heterocycles. The van der Waals surface area contributed by atoms with Crippen LogP contribution in [0.15, 0.2) is 0 Å². The largest absolute Gasteiger partial charge is 0.465 e. The van der Waals surface area contributed by atoms with Crippen LogP contribution in [0.3, 0.4) is 0 Å². The van der Waals surface area contributed by atoms with Crippen LogP contribution < -0.4 is 5.32 Å². The Morgan fingerprint density at radius 1 is 1.25 bits per heavy atom. The molecule has 0 amide bonds. The summed E-state index contributed by atoms with van der Waals surface area (Å²) >= 11 is 0. The lowest BCUT2D eigenvalue weighted by atomic mass is 9.87. The summed E-state index contributed by atoms with van der Waals surface area (Å²) in [6, 6.07) is 0. The van der Waals surface area contributed by atoms with Gasteiger partial charge in [0, 0.05) is 6.54 Å². The van der Waals surface area contributed by atoms with Crippen molar-refractivity contribution in [3.05, 3.63) is 0 Å². The molecule has 96 valence electrons. The predicted molar refractivity (Wildman–Crippen MR) is 67.4 cm³/mol. The van der Waals surface area contributed by atoms with Crippen LogP contribution in [0.2, 0.25) is 0 Å². The number of ether oxygens (including phenoxy) is 1. The summed E-state index contributed by atoms with van der Waals surface area (Å²) in [5.41, 5.74) is 0.266. The molecule has 0 radical (unpaired) electrons. The average molecular weight is 229 g/mol. The molecule has 0 aromatic rings. The third-order valence-corrected chi connectivity index (χ3v) is 2.64. The Bertz CT molecular complexity index is 190. The second-order valence-corrected chi connectivity index (χ2v) is 5.03. The van der Waals surface area contributed by atoms with E-state index >= 15 is 0 Å². The number of rotatable bonds is 9. The van der Waals surface area contributed by atoms with Gasteiger partial charge in [-0.25, -0.2) is 0 Å². The van der Waals surface area contributed by atoms with Crippen molar-refractivity contribution in [2.24, 2.45) is 5.41 Å². The highest BCUT2D eigenvalue weighted by Gasteiger charge is 2.17. The third-order valence-electron chi connectivity index (χ3n) is 2.64. The van der Waals surface area contributed by atoms with Crippen LogP contribution in [0.4, 0.5) is 0 Å². The van der Waals surface area contributed by atoms with Crippen LogP contribution in [0.5, 0.6) is 0 Å². The summed E-state index contributed by atoms with van der Waals surface area (Å²) in [6.07, 6.45) is 5.02. The summed E-state index contributed by atoms with van der Waals surface area (Å²) in [5.74, 6) is -0.160. The molecule has 0 atom stereocenters. The molecule has 1 N–H and O–H groups in total. The quantitative estimate of drug-likeness (QED) is 0.488. The molecule has 0 bridgehead atoms. The third kappa shape index (κ3) is 8.72. The van der Waals surface area contributed by atoms with Gasteiger partial charge >= 0.3 is 5.97 Å². The van der Waals surface area contributed by atoms with Crippen molar-refractivity contribution in [1.82, 2.24) is 5.32 Å². The first-order valence-electron chi connectivity index (χ1n) is 6.38. The molecule has 3 nitrogen and oxygen atoms in total. The van der Waals surface area contributed by atoms with Crippen LogP contribution in [0.25, 0.3) is 0 Å². The van der Waals surface area contributed by atoms with Crippen molar-refractivity contribution in [2.45, 2.75) is 53.4 Å². The molecule has 3 heteroatoms. The van der Waals surface area contributed by atoms with Gasteiger partial charge in [-0.2, -0.15) is 0 Å². The predicted octanol–water partition coefficient (Wildman–Crippen LogP) is 2.75. The van der Waals surface area contributed by atoms with Gasteiger partial charge in [-0.3, -0.25) is 4.79 Å². The molecule has 16 heavy (non-hydrogen) atoms. The van der Waals surface area contributed by atoms with E-state index in [1.54, 1.807) is 0 Å². The van der Waals surface area contributed by atoms with Gasteiger partial charge in [-0.05, 0) is 18.8 Å². The first kappa shape index (κ1) is 15.4. The van der Waals surface area contributed by atoms with Crippen LogP contribution in [-0.4, -0.2) is 25.7 Å². The van der Waals surface area contributed by atoms with Gasteiger partial charge in [0.2, 0.25) is 0 Å². The zero-order valence-electron chi connectivity index (χ0n) is 11.3. The van der Waals surface area contributed by atoms with Gasteiger partial charge in [0.25, 0.3) is 0 Å². The zero-order chi connectivity index (χ0) is 12.4. The molecule has 0 aromatic carbocycles. The second kappa shape index (κ2) is 8.57. The lowest BCUT2D eigenvalue weighted by Gasteiger charge is -2.24. The fourth-order valence-corrected chi connectivity index (χ4v) is 1.66. The minimum Gasteiger partial charge on any atom is -0.465 e. The number of carbonyl (C=O) groups is 1. The van der Waals surface area contributed by atoms with Crippen molar-refractivity contribution in [1.29, 1.82) is 0 Å². The Morgan fingerprint density at radius 2 is 1.94 bits per heavy atom. The molecule has 0 unspecified atom stereocenters. The van der Waals surface area contributed by atoms with Crippen LogP contribution in [-0.2, 0) is 9.53 Å². The molecule has 0 aromatic heterocycles. The molecule has 0 spiro atoms. The number of unbranched alkanes of at least 4 members (excludes halogenated alkanes) is 2. The van der Waals surface area contributed by atoms with Crippen LogP contribution in [0, 0.1) is 5.41 Å². The van der Waals surface area contributed by atoms with E-state index in [0.29, 0.717) is 13.2 Å². The summed E-state index contributed by atoms with van der Waals surface area (Å²) in [7, 11) is 0. The van der Waals surface area contributed by atoms with Crippen molar-refractivity contribution < 1.29 is 9.53 Å². The summed E-state index contributed by atoms with van der Waals surface area (Å²) in [6.45, 7) is 10.2. The van der Waals surface area contributed by atoms with E-state index < -0.39 is 0 Å². The topological polar surface area (TPSA) is 38.3 Å². The lowest BCUT2D eigenvalue weighted by Crippen LogP contribution is -2.33. The normalized spacial score (nSPS) is 11.5.